The normalized spacial score (nSPS) is 30.8. The summed E-state index contributed by atoms with van der Waals surface area (Å²) in [7, 11) is 0. The number of Topliss-reactive ketones (excluding diaryl/α,β-unsaturated/α-hetero) is 1. The van der Waals surface area contributed by atoms with Gasteiger partial charge in [-0.2, -0.15) is 0 Å². The molecule has 11 heavy (non-hydrogen) atoms. The first-order valence-corrected chi connectivity index (χ1v) is 4.40. The molecule has 1 fully saturated rings. The molecule has 0 heterocycles. The molecule has 1 aliphatic rings. The van der Waals surface area contributed by atoms with Crippen molar-refractivity contribution < 1.29 is 4.79 Å². The lowest BCUT2D eigenvalue weighted by atomic mass is 9.99. The molecule has 1 heteroatoms. The molecule has 62 valence electrons. The summed E-state index contributed by atoms with van der Waals surface area (Å²) in [5.74, 6) is 1.15. The second-order valence-corrected chi connectivity index (χ2v) is 3.44. The number of allylic oxidation sites excluding steroid dienone is 1. The highest BCUT2D eigenvalue weighted by Crippen LogP contribution is 2.29. The van der Waals surface area contributed by atoms with Crippen LogP contribution in [-0.4, -0.2) is 5.78 Å². The Morgan fingerprint density at radius 2 is 2.36 bits per heavy atom. The predicted octanol–water partition coefficient (Wildman–Crippen LogP) is 2.57. The SMILES string of the molecule is C=CCCC1CCC(C)C1=O. The Hall–Kier alpha value is -0.590. The summed E-state index contributed by atoms with van der Waals surface area (Å²) in [6.45, 7) is 5.69. The number of hydrogen-bond acceptors (Lipinski definition) is 1. The van der Waals surface area contributed by atoms with E-state index in [4.69, 9.17) is 0 Å². The van der Waals surface area contributed by atoms with E-state index in [2.05, 4.69) is 6.58 Å². The quantitative estimate of drug-likeness (QED) is 0.568. The van der Waals surface area contributed by atoms with Gasteiger partial charge in [-0.15, -0.1) is 6.58 Å². The first kappa shape index (κ1) is 8.51. The second kappa shape index (κ2) is 3.70. The molecule has 2 unspecified atom stereocenters. The fourth-order valence-corrected chi connectivity index (χ4v) is 1.74. The Balaban J connectivity index is 2.36. The van der Waals surface area contributed by atoms with E-state index in [0.29, 0.717) is 17.6 Å². The van der Waals surface area contributed by atoms with Gasteiger partial charge in [0.15, 0.2) is 0 Å². The number of ketones is 1. The van der Waals surface area contributed by atoms with Crippen LogP contribution in [0.4, 0.5) is 0 Å². The van der Waals surface area contributed by atoms with E-state index >= 15 is 0 Å². The monoisotopic (exact) mass is 152 g/mol. The van der Waals surface area contributed by atoms with Crippen molar-refractivity contribution in [1.82, 2.24) is 0 Å². The topological polar surface area (TPSA) is 17.1 Å². The first-order valence-electron chi connectivity index (χ1n) is 4.40. The van der Waals surface area contributed by atoms with Crippen LogP contribution in [0.15, 0.2) is 12.7 Å². The van der Waals surface area contributed by atoms with Gasteiger partial charge >= 0.3 is 0 Å². The fourth-order valence-electron chi connectivity index (χ4n) is 1.74. The summed E-state index contributed by atoms with van der Waals surface area (Å²) >= 11 is 0. The lowest BCUT2D eigenvalue weighted by Gasteiger charge is -2.04. The molecule has 1 saturated carbocycles. The molecule has 0 aromatic rings. The summed E-state index contributed by atoms with van der Waals surface area (Å²) in [6.07, 6.45) is 6.11. The van der Waals surface area contributed by atoms with Crippen molar-refractivity contribution in [2.75, 3.05) is 0 Å². The third kappa shape index (κ3) is 1.92. The maximum absolute atomic E-state index is 11.4. The van der Waals surface area contributed by atoms with Crippen LogP contribution in [0.3, 0.4) is 0 Å². The van der Waals surface area contributed by atoms with Gasteiger partial charge in [-0.25, -0.2) is 0 Å². The molecule has 0 spiro atoms. The predicted molar refractivity (Wildman–Crippen MR) is 46.3 cm³/mol. The van der Waals surface area contributed by atoms with Crippen molar-refractivity contribution in [1.29, 1.82) is 0 Å². The van der Waals surface area contributed by atoms with Gasteiger partial charge in [0.25, 0.3) is 0 Å². The lowest BCUT2D eigenvalue weighted by Crippen LogP contribution is -2.11. The summed E-state index contributed by atoms with van der Waals surface area (Å²) in [6, 6.07) is 0. The van der Waals surface area contributed by atoms with Crippen molar-refractivity contribution in [3.63, 3.8) is 0 Å². The summed E-state index contributed by atoms with van der Waals surface area (Å²) < 4.78 is 0. The van der Waals surface area contributed by atoms with Gasteiger partial charge in [0.05, 0.1) is 0 Å². The summed E-state index contributed by atoms with van der Waals surface area (Å²) in [5.41, 5.74) is 0. The maximum Gasteiger partial charge on any atom is 0.138 e. The Labute approximate surface area is 68.5 Å². The molecule has 1 nitrogen and oxygen atoms in total. The molecule has 1 rings (SSSR count). The van der Waals surface area contributed by atoms with Crippen molar-refractivity contribution in [3.05, 3.63) is 12.7 Å². The molecule has 0 aromatic carbocycles. The van der Waals surface area contributed by atoms with E-state index in [0.717, 1.165) is 25.7 Å². The maximum atomic E-state index is 11.4. The molecule has 0 amide bonds. The Morgan fingerprint density at radius 1 is 1.64 bits per heavy atom. The molecule has 0 bridgehead atoms. The number of hydrogen-bond donors (Lipinski definition) is 0. The average Bonchev–Trinajstić information content (AvgIpc) is 2.31. The lowest BCUT2D eigenvalue weighted by molar-refractivity contribution is -0.123. The zero-order valence-electron chi connectivity index (χ0n) is 7.18. The minimum Gasteiger partial charge on any atom is -0.299 e. The van der Waals surface area contributed by atoms with E-state index < -0.39 is 0 Å². The number of rotatable bonds is 3. The highest BCUT2D eigenvalue weighted by atomic mass is 16.1. The van der Waals surface area contributed by atoms with Gasteiger partial charge in [-0.1, -0.05) is 13.0 Å². The van der Waals surface area contributed by atoms with Crippen LogP contribution < -0.4 is 0 Å². The third-order valence-electron chi connectivity index (χ3n) is 2.56. The van der Waals surface area contributed by atoms with Gasteiger partial charge < -0.3 is 0 Å². The van der Waals surface area contributed by atoms with Gasteiger partial charge in [0.2, 0.25) is 0 Å². The van der Waals surface area contributed by atoms with Gasteiger partial charge in [0.1, 0.15) is 5.78 Å². The minimum atomic E-state index is 0.324. The summed E-state index contributed by atoms with van der Waals surface area (Å²) in [5, 5.41) is 0. The van der Waals surface area contributed by atoms with Gasteiger partial charge in [-0.05, 0) is 25.7 Å². The summed E-state index contributed by atoms with van der Waals surface area (Å²) in [4.78, 5) is 11.4. The number of carbonyl (C=O) groups excluding carboxylic acids is 1. The van der Waals surface area contributed by atoms with E-state index in [1.54, 1.807) is 0 Å². The standard InChI is InChI=1S/C10H16O/c1-3-4-5-9-7-6-8(2)10(9)11/h3,8-9H,1,4-7H2,2H3. The molecule has 1 aliphatic carbocycles. The first-order chi connectivity index (χ1) is 5.25. The minimum absolute atomic E-state index is 0.324. The van der Waals surface area contributed by atoms with E-state index in [9.17, 15) is 4.79 Å². The van der Waals surface area contributed by atoms with Crippen molar-refractivity contribution >= 4 is 5.78 Å². The van der Waals surface area contributed by atoms with E-state index in [-0.39, 0.29) is 0 Å². The van der Waals surface area contributed by atoms with Crippen LogP contribution >= 0.6 is 0 Å². The Bertz CT molecular complexity index is 160. The second-order valence-electron chi connectivity index (χ2n) is 3.44. The molecular weight excluding hydrogens is 136 g/mol. The largest absolute Gasteiger partial charge is 0.299 e. The zero-order valence-corrected chi connectivity index (χ0v) is 7.18. The Kier molecular flexibility index (Phi) is 2.86. The van der Waals surface area contributed by atoms with Crippen molar-refractivity contribution in [3.8, 4) is 0 Å². The van der Waals surface area contributed by atoms with Crippen LogP contribution in [0.5, 0.6) is 0 Å². The molecule has 0 aliphatic heterocycles. The molecular formula is C10H16O. The fraction of sp³-hybridized carbons (Fsp3) is 0.700. The zero-order chi connectivity index (χ0) is 8.27. The molecule has 0 saturated heterocycles. The van der Waals surface area contributed by atoms with Crippen LogP contribution in [0, 0.1) is 11.8 Å². The average molecular weight is 152 g/mol. The van der Waals surface area contributed by atoms with E-state index in [1.807, 2.05) is 13.0 Å². The molecule has 0 radical (unpaired) electrons. The van der Waals surface area contributed by atoms with Crippen LogP contribution in [0.25, 0.3) is 0 Å². The molecule has 0 N–H and O–H groups in total. The smallest absolute Gasteiger partial charge is 0.138 e. The molecule has 0 aromatic heterocycles. The van der Waals surface area contributed by atoms with Crippen molar-refractivity contribution in [2.24, 2.45) is 11.8 Å². The van der Waals surface area contributed by atoms with Crippen molar-refractivity contribution in [2.45, 2.75) is 32.6 Å². The van der Waals surface area contributed by atoms with Crippen LogP contribution in [-0.2, 0) is 4.79 Å². The van der Waals surface area contributed by atoms with Gasteiger partial charge in [-0.3, -0.25) is 4.79 Å². The number of carbonyl (C=O) groups is 1. The highest BCUT2D eigenvalue weighted by molar-refractivity contribution is 5.84. The highest BCUT2D eigenvalue weighted by Gasteiger charge is 2.29. The Morgan fingerprint density at radius 3 is 2.82 bits per heavy atom. The van der Waals surface area contributed by atoms with Crippen LogP contribution in [0.2, 0.25) is 0 Å². The van der Waals surface area contributed by atoms with Crippen LogP contribution in [0.1, 0.15) is 32.6 Å². The van der Waals surface area contributed by atoms with E-state index in [1.165, 1.54) is 0 Å². The molecule has 2 atom stereocenters. The third-order valence-corrected chi connectivity index (χ3v) is 2.56. The van der Waals surface area contributed by atoms with Gasteiger partial charge in [0, 0.05) is 11.8 Å².